The molecule has 1 aromatic rings. The molecule has 1 heterocycles. The Kier molecular flexibility index (Phi) is 7.20. The Morgan fingerprint density at radius 3 is 2.58 bits per heavy atom. The highest BCUT2D eigenvalue weighted by molar-refractivity contribution is 8.00. The van der Waals surface area contributed by atoms with E-state index in [0.717, 1.165) is 30.6 Å². The Bertz CT molecular complexity index is 383. The number of hydrogen-bond acceptors (Lipinski definition) is 4. The third kappa shape index (κ3) is 5.80. The van der Waals surface area contributed by atoms with E-state index < -0.39 is 0 Å². The fraction of sp³-hybridized carbons (Fsp3) is 0.538. The molecule has 0 aliphatic heterocycles. The van der Waals surface area contributed by atoms with Crippen LogP contribution in [0.3, 0.4) is 0 Å². The lowest BCUT2D eigenvalue weighted by molar-refractivity contribution is -0.119. The molecule has 1 aliphatic rings. The number of pyridine rings is 1. The Hall–Kier alpha value is -0.780. The van der Waals surface area contributed by atoms with Crippen LogP contribution < -0.4 is 11.1 Å². The molecule has 1 saturated carbocycles. The van der Waals surface area contributed by atoms with Crippen LogP contribution >= 0.6 is 24.2 Å². The number of nitrogens with zero attached hydrogens (tertiary/aromatic N) is 1. The smallest absolute Gasteiger partial charge is 0.230 e. The molecule has 106 valence electrons. The van der Waals surface area contributed by atoms with Crippen LogP contribution in [0.1, 0.15) is 25.7 Å². The fourth-order valence-corrected chi connectivity index (χ4v) is 2.81. The molecule has 0 atom stereocenters. The first-order valence-electron chi connectivity index (χ1n) is 6.32. The van der Waals surface area contributed by atoms with E-state index >= 15 is 0 Å². The zero-order valence-corrected chi connectivity index (χ0v) is 12.4. The number of aromatic nitrogens is 1. The van der Waals surface area contributed by atoms with Gasteiger partial charge in [0.05, 0.1) is 5.75 Å². The summed E-state index contributed by atoms with van der Waals surface area (Å²) in [5, 5.41) is 3.08. The van der Waals surface area contributed by atoms with Crippen LogP contribution in [-0.2, 0) is 4.79 Å². The SMILES string of the molecule is Cl.NC1CCC(NC(=O)CSc2ccncc2)CC1. The number of halogens is 1. The van der Waals surface area contributed by atoms with Gasteiger partial charge in [-0.25, -0.2) is 0 Å². The molecule has 2 rings (SSSR count). The van der Waals surface area contributed by atoms with Gasteiger partial charge in [0.2, 0.25) is 5.91 Å². The maximum Gasteiger partial charge on any atom is 0.230 e. The van der Waals surface area contributed by atoms with Crippen molar-refractivity contribution in [1.82, 2.24) is 10.3 Å². The zero-order chi connectivity index (χ0) is 12.8. The lowest BCUT2D eigenvalue weighted by atomic mass is 9.92. The summed E-state index contributed by atoms with van der Waals surface area (Å²) in [5.41, 5.74) is 5.84. The lowest BCUT2D eigenvalue weighted by Crippen LogP contribution is -2.41. The van der Waals surface area contributed by atoms with Crippen molar-refractivity contribution in [1.29, 1.82) is 0 Å². The summed E-state index contributed by atoms with van der Waals surface area (Å²) >= 11 is 1.54. The van der Waals surface area contributed by atoms with E-state index in [1.165, 1.54) is 0 Å². The van der Waals surface area contributed by atoms with Crippen LogP contribution in [0.2, 0.25) is 0 Å². The average molecular weight is 302 g/mol. The van der Waals surface area contributed by atoms with Gasteiger partial charge in [-0.1, -0.05) is 0 Å². The molecule has 3 N–H and O–H groups in total. The van der Waals surface area contributed by atoms with Crippen LogP contribution in [0.15, 0.2) is 29.4 Å². The number of hydrogen-bond donors (Lipinski definition) is 2. The average Bonchev–Trinajstić information content (AvgIpc) is 2.40. The van der Waals surface area contributed by atoms with E-state index in [0.29, 0.717) is 17.8 Å². The van der Waals surface area contributed by atoms with Crippen molar-refractivity contribution in [3.05, 3.63) is 24.5 Å². The van der Waals surface area contributed by atoms with Gasteiger partial charge < -0.3 is 11.1 Å². The van der Waals surface area contributed by atoms with Gasteiger partial charge in [0.15, 0.2) is 0 Å². The quantitative estimate of drug-likeness (QED) is 0.835. The number of thioether (sulfide) groups is 1. The van der Waals surface area contributed by atoms with Crippen molar-refractivity contribution in [2.75, 3.05) is 5.75 Å². The van der Waals surface area contributed by atoms with Crippen LogP contribution in [0.25, 0.3) is 0 Å². The van der Waals surface area contributed by atoms with Crippen LogP contribution in [0, 0.1) is 0 Å². The Balaban J connectivity index is 0.00000180. The highest BCUT2D eigenvalue weighted by atomic mass is 35.5. The molecule has 1 aliphatic carbocycles. The predicted molar refractivity (Wildman–Crippen MR) is 80.6 cm³/mol. The molecule has 0 spiro atoms. The Labute approximate surface area is 124 Å². The maximum absolute atomic E-state index is 11.8. The van der Waals surface area contributed by atoms with Gasteiger partial charge in [0, 0.05) is 29.4 Å². The molecule has 4 nitrogen and oxygen atoms in total. The Morgan fingerprint density at radius 1 is 1.32 bits per heavy atom. The maximum atomic E-state index is 11.8. The van der Waals surface area contributed by atoms with Crippen molar-refractivity contribution >= 4 is 30.1 Å². The van der Waals surface area contributed by atoms with Gasteiger partial charge in [0.25, 0.3) is 0 Å². The third-order valence-corrected chi connectivity index (χ3v) is 4.17. The predicted octanol–water partition coefficient (Wildman–Crippen LogP) is 1.98. The summed E-state index contributed by atoms with van der Waals surface area (Å²) in [4.78, 5) is 16.8. The normalized spacial score (nSPS) is 22.4. The number of carbonyl (C=O) groups excluding carboxylic acids is 1. The standard InChI is InChI=1S/C13H19N3OS.ClH/c14-10-1-3-11(4-2-10)16-13(17)9-18-12-5-7-15-8-6-12;/h5-8,10-11H,1-4,9,14H2,(H,16,17);1H. The van der Waals surface area contributed by atoms with E-state index in [2.05, 4.69) is 10.3 Å². The molecule has 6 heteroatoms. The van der Waals surface area contributed by atoms with E-state index in [1.54, 1.807) is 24.2 Å². The van der Waals surface area contributed by atoms with Crippen LogP contribution in [-0.4, -0.2) is 28.7 Å². The van der Waals surface area contributed by atoms with Crippen molar-refractivity contribution in [2.45, 2.75) is 42.7 Å². The second-order valence-corrected chi connectivity index (χ2v) is 5.70. The minimum absolute atomic E-state index is 0. The molecular weight excluding hydrogens is 282 g/mol. The Morgan fingerprint density at radius 2 is 1.95 bits per heavy atom. The van der Waals surface area contributed by atoms with Gasteiger partial charge in [0.1, 0.15) is 0 Å². The van der Waals surface area contributed by atoms with Crippen molar-refractivity contribution < 1.29 is 4.79 Å². The van der Waals surface area contributed by atoms with Gasteiger partial charge in [-0.15, -0.1) is 24.2 Å². The highest BCUT2D eigenvalue weighted by Gasteiger charge is 2.19. The molecule has 19 heavy (non-hydrogen) atoms. The molecule has 0 aromatic carbocycles. The van der Waals surface area contributed by atoms with Crippen molar-refractivity contribution in [3.63, 3.8) is 0 Å². The highest BCUT2D eigenvalue weighted by Crippen LogP contribution is 2.18. The van der Waals surface area contributed by atoms with E-state index in [9.17, 15) is 4.79 Å². The monoisotopic (exact) mass is 301 g/mol. The van der Waals surface area contributed by atoms with Crippen LogP contribution in [0.5, 0.6) is 0 Å². The topological polar surface area (TPSA) is 68.0 Å². The summed E-state index contributed by atoms with van der Waals surface area (Å²) in [6.45, 7) is 0. The van der Waals surface area contributed by atoms with Crippen LogP contribution in [0.4, 0.5) is 0 Å². The molecule has 1 aromatic heterocycles. The number of rotatable bonds is 4. The van der Waals surface area contributed by atoms with Gasteiger partial charge in [-0.3, -0.25) is 9.78 Å². The number of nitrogens with one attached hydrogen (secondary N) is 1. The molecule has 1 fully saturated rings. The number of amides is 1. The van der Waals surface area contributed by atoms with E-state index in [1.807, 2.05) is 12.1 Å². The molecule has 0 bridgehead atoms. The summed E-state index contributed by atoms with van der Waals surface area (Å²) in [7, 11) is 0. The van der Waals surface area contributed by atoms with Gasteiger partial charge in [-0.05, 0) is 37.8 Å². The summed E-state index contributed by atoms with van der Waals surface area (Å²) in [6, 6.07) is 4.47. The van der Waals surface area contributed by atoms with Gasteiger partial charge >= 0.3 is 0 Å². The van der Waals surface area contributed by atoms with Crippen molar-refractivity contribution in [3.8, 4) is 0 Å². The molecule has 0 saturated heterocycles. The summed E-state index contributed by atoms with van der Waals surface area (Å²) in [5.74, 6) is 0.573. The lowest BCUT2D eigenvalue weighted by Gasteiger charge is -2.26. The first-order chi connectivity index (χ1) is 8.74. The number of nitrogens with two attached hydrogens (primary N) is 1. The minimum atomic E-state index is 0. The first kappa shape index (κ1) is 16.3. The second kappa shape index (κ2) is 8.40. The molecule has 0 radical (unpaired) electrons. The van der Waals surface area contributed by atoms with E-state index in [4.69, 9.17) is 5.73 Å². The summed E-state index contributed by atoms with van der Waals surface area (Å²) in [6.07, 6.45) is 7.52. The number of carbonyl (C=O) groups is 1. The van der Waals surface area contributed by atoms with Gasteiger partial charge in [-0.2, -0.15) is 0 Å². The molecule has 1 amide bonds. The molecule has 0 unspecified atom stereocenters. The molecular formula is C13H20ClN3OS. The summed E-state index contributed by atoms with van der Waals surface area (Å²) < 4.78 is 0. The minimum Gasteiger partial charge on any atom is -0.353 e. The first-order valence-corrected chi connectivity index (χ1v) is 7.30. The zero-order valence-electron chi connectivity index (χ0n) is 10.7. The van der Waals surface area contributed by atoms with E-state index in [-0.39, 0.29) is 18.3 Å². The second-order valence-electron chi connectivity index (χ2n) is 4.65. The third-order valence-electron chi connectivity index (χ3n) is 3.16. The van der Waals surface area contributed by atoms with Crippen molar-refractivity contribution in [2.24, 2.45) is 5.73 Å². The largest absolute Gasteiger partial charge is 0.353 e. The fourth-order valence-electron chi connectivity index (χ4n) is 2.12.